The number of nitro benzene ring substituents is 1. The molecule has 4 aliphatic carbocycles. The molecule has 6 rings (SSSR count). The van der Waals surface area contributed by atoms with Gasteiger partial charge in [0.15, 0.2) is 0 Å². The van der Waals surface area contributed by atoms with Gasteiger partial charge in [-0.25, -0.2) is 4.79 Å². The average Bonchev–Trinajstić information content (AvgIpc) is 3.67. The van der Waals surface area contributed by atoms with Gasteiger partial charge in [-0.15, -0.1) is 0 Å². The van der Waals surface area contributed by atoms with E-state index in [1.807, 2.05) is 0 Å². The van der Waals surface area contributed by atoms with E-state index in [1.165, 1.54) is 89.0 Å². The number of fused-ring (bicyclic) bond motifs is 5. The summed E-state index contributed by atoms with van der Waals surface area (Å²) in [5.41, 5.74) is 3.29. The molecule has 3 fully saturated rings. The van der Waals surface area contributed by atoms with Crippen LogP contribution in [0.3, 0.4) is 0 Å². The molecule has 0 bridgehead atoms. The molecule has 15 nitrogen and oxygen atoms in total. The molecule has 2 aromatic carbocycles. The zero-order valence-electron chi connectivity index (χ0n) is 41.1. The van der Waals surface area contributed by atoms with Gasteiger partial charge in [-0.1, -0.05) is 77.7 Å². The van der Waals surface area contributed by atoms with Gasteiger partial charge >= 0.3 is 6.16 Å². The second-order valence-electron chi connectivity index (χ2n) is 20.9. The SMILES string of the molecule is CC(C)CCC[C@@H](C)[C@H]1CC[C@H]2[C@@H]3CC=C4CC(OCCCNC(=O)CCC(=O)N[C@@H](C)C(=O)NCC(=O)Nc5ccc(COC(=O)Oc6ccc([N+](=O)[O-])cc6)cc5)CC[C@]4(C)[C@H]3CC[C@]12C. The maximum atomic E-state index is 12.6. The summed E-state index contributed by atoms with van der Waals surface area (Å²) in [6.45, 7) is 14.5. The van der Waals surface area contributed by atoms with Gasteiger partial charge in [-0.2, -0.15) is 0 Å². The van der Waals surface area contributed by atoms with Crippen molar-refractivity contribution in [2.45, 2.75) is 150 Å². The maximum absolute atomic E-state index is 12.6. The van der Waals surface area contributed by atoms with E-state index in [0.29, 0.717) is 36.2 Å². The summed E-state index contributed by atoms with van der Waals surface area (Å²) in [4.78, 5) is 72.4. The zero-order chi connectivity index (χ0) is 49.0. The molecule has 15 heteroatoms. The molecule has 3 saturated carbocycles. The van der Waals surface area contributed by atoms with Crippen molar-refractivity contribution in [2.75, 3.05) is 25.0 Å². The highest BCUT2D eigenvalue weighted by Gasteiger charge is 2.59. The number of allylic oxidation sites excluding steroid dienone is 1. The van der Waals surface area contributed by atoms with Crippen LogP contribution in [0.4, 0.5) is 16.2 Å². The minimum Gasteiger partial charge on any atom is -0.429 e. The normalized spacial score (nSPS) is 25.9. The van der Waals surface area contributed by atoms with E-state index in [1.54, 1.807) is 29.8 Å². The third kappa shape index (κ3) is 13.7. The number of hydrogen-bond donors (Lipinski definition) is 4. The Bertz CT molecular complexity index is 2110. The number of non-ortho nitro benzene ring substituents is 1. The summed E-state index contributed by atoms with van der Waals surface area (Å²) >= 11 is 0. The van der Waals surface area contributed by atoms with Gasteiger partial charge < -0.3 is 35.5 Å². The molecule has 68 heavy (non-hydrogen) atoms. The van der Waals surface area contributed by atoms with Gasteiger partial charge in [0.25, 0.3) is 5.69 Å². The zero-order valence-corrected chi connectivity index (χ0v) is 41.1. The Hall–Kier alpha value is -5.31. The Morgan fingerprint density at radius 1 is 0.824 bits per heavy atom. The number of carbonyl (C=O) groups is 5. The van der Waals surface area contributed by atoms with Crippen LogP contribution in [-0.2, 0) is 35.3 Å². The van der Waals surface area contributed by atoms with Crippen LogP contribution in [-0.4, -0.2) is 66.5 Å². The van der Waals surface area contributed by atoms with E-state index in [-0.39, 0.29) is 54.9 Å². The lowest BCUT2D eigenvalue weighted by Gasteiger charge is -2.58. The fraction of sp³-hybridized carbons (Fsp3) is 0.642. The highest BCUT2D eigenvalue weighted by Crippen LogP contribution is 2.67. The van der Waals surface area contributed by atoms with E-state index in [2.05, 4.69) is 62.0 Å². The maximum Gasteiger partial charge on any atom is 0.514 e. The lowest BCUT2D eigenvalue weighted by molar-refractivity contribution is -0.384. The number of nitro groups is 1. The van der Waals surface area contributed by atoms with Gasteiger partial charge in [-0.05, 0) is 141 Å². The molecule has 0 spiro atoms. The number of carbonyl (C=O) groups excluding carboxylic acids is 5. The van der Waals surface area contributed by atoms with Crippen molar-refractivity contribution in [2.24, 2.45) is 46.3 Å². The number of benzene rings is 2. The van der Waals surface area contributed by atoms with Crippen molar-refractivity contribution in [3.8, 4) is 5.75 Å². The first-order chi connectivity index (χ1) is 32.4. The van der Waals surface area contributed by atoms with Crippen LogP contribution in [0.2, 0.25) is 0 Å². The number of rotatable bonds is 22. The van der Waals surface area contributed by atoms with Crippen LogP contribution >= 0.6 is 0 Å². The molecular formula is C53H75N5O10. The molecular weight excluding hydrogens is 867 g/mol. The number of nitrogens with one attached hydrogen (secondary N) is 4. The Morgan fingerprint density at radius 2 is 1.56 bits per heavy atom. The average molecular weight is 942 g/mol. The van der Waals surface area contributed by atoms with Crippen LogP contribution in [0.5, 0.6) is 5.75 Å². The number of hydrogen-bond acceptors (Lipinski definition) is 10. The Morgan fingerprint density at radius 3 is 2.28 bits per heavy atom. The van der Waals surface area contributed by atoms with Crippen molar-refractivity contribution < 1.29 is 43.1 Å². The fourth-order valence-corrected chi connectivity index (χ4v) is 12.2. The molecule has 9 atom stereocenters. The predicted molar refractivity (Wildman–Crippen MR) is 259 cm³/mol. The second-order valence-corrected chi connectivity index (χ2v) is 20.9. The Labute approximate surface area is 402 Å². The molecule has 0 radical (unpaired) electrons. The van der Waals surface area contributed by atoms with E-state index in [4.69, 9.17) is 14.2 Å². The molecule has 0 aliphatic heterocycles. The second kappa shape index (κ2) is 23.8. The highest BCUT2D eigenvalue weighted by atomic mass is 16.7. The van der Waals surface area contributed by atoms with Crippen molar-refractivity contribution in [1.29, 1.82) is 0 Å². The van der Waals surface area contributed by atoms with Crippen LogP contribution in [0.1, 0.15) is 137 Å². The largest absolute Gasteiger partial charge is 0.514 e. The summed E-state index contributed by atoms with van der Waals surface area (Å²) in [5.74, 6) is 3.27. The molecule has 0 heterocycles. The lowest BCUT2D eigenvalue weighted by atomic mass is 9.47. The van der Waals surface area contributed by atoms with Crippen molar-refractivity contribution in [3.63, 3.8) is 0 Å². The topological polar surface area (TPSA) is 204 Å². The fourth-order valence-electron chi connectivity index (χ4n) is 12.2. The van der Waals surface area contributed by atoms with Gasteiger partial charge in [0, 0.05) is 43.8 Å². The van der Waals surface area contributed by atoms with E-state index in [0.717, 1.165) is 48.3 Å². The number of anilines is 1. The number of nitrogens with zero attached hydrogens (tertiary/aromatic N) is 1. The quantitative estimate of drug-likeness (QED) is 0.0220. The minimum absolute atomic E-state index is 0.0177. The van der Waals surface area contributed by atoms with Crippen LogP contribution in [0, 0.1) is 56.5 Å². The molecule has 0 saturated heterocycles. The standard InChI is InChI=1S/C53H75N5O10/c1-34(2)9-7-10-35(3)44-21-22-45-43-20-13-38-31-42(25-27-52(38,5)46(43)26-28-53(44,45)6)66-30-8-29-54-47(59)23-24-48(60)56-36(4)50(62)55-32-49(61)57-39-14-11-37(12-15-39)33-67-51(63)68-41-18-16-40(17-19-41)58(64)65/h11-19,34-36,42-46H,7-10,20-33H2,1-6H3,(H,54,59)(H,55,62)(H,56,60)(H,57,61)/t35-,36+,42?,43+,44-,45+,46+,52+,53-/m1/s1. The van der Waals surface area contributed by atoms with Crippen LogP contribution in [0.15, 0.2) is 60.2 Å². The highest BCUT2D eigenvalue weighted by molar-refractivity contribution is 5.96. The third-order valence-corrected chi connectivity index (χ3v) is 15.9. The first-order valence-electron chi connectivity index (χ1n) is 25.1. The van der Waals surface area contributed by atoms with E-state index in [9.17, 15) is 34.1 Å². The molecule has 372 valence electrons. The van der Waals surface area contributed by atoms with Gasteiger partial charge in [0.05, 0.1) is 17.6 Å². The van der Waals surface area contributed by atoms with Crippen molar-refractivity contribution in [1.82, 2.24) is 16.0 Å². The molecule has 4 amide bonds. The Balaban J connectivity index is 0.803. The molecule has 1 unspecified atom stereocenters. The number of ether oxygens (including phenoxy) is 3. The molecule has 4 N–H and O–H groups in total. The van der Waals surface area contributed by atoms with E-state index < -0.39 is 34.8 Å². The summed E-state index contributed by atoms with van der Waals surface area (Å²) < 4.78 is 16.5. The summed E-state index contributed by atoms with van der Waals surface area (Å²) in [7, 11) is 0. The van der Waals surface area contributed by atoms with Crippen molar-refractivity contribution >= 4 is 41.2 Å². The molecule has 0 aromatic heterocycles. The van der Waals surface area contributed by atoms with Crippen molar-refractivity contribution in [3.05, 3.63) is 75.9 Å². The van der Waals surface area contributed by atoms with Gasteiger partial charge in [-0.3, -0.25) is 29.3 Å². The summed E-state index contributed by atoms with van der Waals surface area (Å²) in [6.07, 6.45) is 16.6. The minimum atomic E-state index is -0.994. The lowest BCUT2D eigenvalue weighted by Crippen LogP contribution is -2.51. The first-order valence-corrected chi connectivity index (χ1v) is 25.1. The number of amides is 4. The summed E-state index contributed by atoms with van der Waals surface area (Å²) in [5, 5.41) is 21.4. The monoisotopic (exact) mass is 942 g/mol. The molecule has 2 aromatic rings. The Kier molecular flexibility index (Phi) is 18.2. The van der Waals surface area contributed by atoms with Gasteiger partial charge in [0.1, 0.15) is 18.4 Å². The van der Waals surface area contributed by atoms with Crippen LogP contribution in [0.25, 0.3) is 0 Å². The third-order valence-electron chi connectivity index (χ3n) is 15.9. The predicted octanol–water partition coefficient (Wildman–Crippen LogP) is 9.58. The summed E-state index contributed by atoms with van der Waals surface area (Å²) in [6, 6.07) is 10.5. The van der Waals surface area contributed by atoms with E-state index >= 15 is 0 Å². The first kappa shape index (κ1) is 52.1. The van der Waals surface area contributed by atoms with Gasteiger partial charge in [0.2, 0.25) is 23.6 Å². The molecule has 4 aliphatic rings. The smallest absolute Gasteiger partial charge is 0.429 e. The van der Waals surface area contributed by atoms with Crippen LogP contribution < -0.4 is 26.0 Å².